The van der Waals surface area contributed by atoms with Crippen LogP contribution in [0, 0.1) is 0 Å². The van der Waals surface area contributed by atoms with Crippen molar-refractivity contribution in [1.82, 2.24) is 15.2 Å². The molecule has 0 fully saturated rings. The van der Waals surface area contributed by atoms with Gasteiger partial charge in [0, 0.05) is 6.20 Å². The molecule has 0 aromatic carbocycles. The van der Waals surface area contributed by atoms with E-state index in [9.17, 15) is 4.79 Å². The summed E-state index contributed by atoms with van der Waals surface area (Å²) in [6.45, 7) is 4.57. The van der Waals surface area contributed by atoms with Crippen molar-refractivity contribution >= 4 is 17.7 Å². The average molecular weight is 309 g/mol. The van der Waals surface area contributed by atoms with E-state index in [0.29, 0.717) is 17.4 Å². The van der Waals surface area contributed by atoms with E-state index < -0.39 is 5.97 Å². The van der Waals surface area contributed by atoms with Crippen LogP contribution in [0.5, 0.6) is 5.75 Å². The Morgan fingerprint density at radius 2 is 2.24 bits per heavy atom. The van der Waals surface area contributed by atoms with Crippen LogP contribution in [0.25, 0.3) is 0 Å². The Kier molecular flexibility index (Phi) is 5.56. The summed E-state index contributed by atoms with van der Waals surface area (Å²) in [6.07, 6.45) is 2.54. The smallest absolute Gasteiger partial charge is 0.396 e. The number of ether oxygens (including phenoxy) is 2. The SMILES string of the molecule is CCCOc1cccnc1Sc1nnc(C(=O)OCC)o1. The Balaban J connectivity index is 2.10. The molecule has 0 aliphatic heterocycles. The summed E-state index contributed by atoms with van der Waals surface area (Å²) in [5.74, 6) is -0.174. The van der Waals surface area contributed by atoms with Crippen LogP contribution >= 0.6 is 11.8 Å². The number of pyridine rings is 1. The zero-order chi connectivity index (χ0) is 15.1. The molecule has 112 valence electrons. The van der Waals surface area contributed by atoms with Gasteiger partial charge in [-0.1, -0.05) is 12.0 Å². The first-order chi connectivity index (χ1) is 10.2. The van der Waals surface area contributed by atoms with Crippen LogP contribution in [-0.4, -0.2) is 34.4 Å². The van der Waals surface area contributed by atoms with E-state index in [2.05, 4.69) is 15.2 Å². The molecule has 0 bridgehead atoms. The molecular weight excluding hydrogens is 294 g/mol. The summed E-state index contributed by atoms with van der Waals surface area (Å²) in [7, 11) is 0. The number of carbonyl (C=O) groups is 1. The van der Waals surface area contributed by atoms with Crippen molar-refractivity contribution in [2.75, 3.05) is 13.2 Å². The maximum absolute atomic E-state index is 11.5. The van der Waals surface area contributed by atoms with E-state index in [1.807, 2.05) is 13.0 Å². The van der Waals surface area contributed by atoms with Crippen molar-refractivity contribution in [1.29, 1.82) is 0 Å². The summed E-state index contributed by atoms with van der Waals surface area (Å²) < 4.78 is 15.6. The normalized spacial score (nSPS) is 10.4. The summed E-state index contributed by atoms with van der Waals surface area (Å²) in [5.41, 5.74) is 0. The fraction of sp³-hybridized carbons (Fsp3) is 0.385. The third kappa shape index (κ3) is 4.19. The fourth-order valence-electron chi connectivity index (χ4n) is 1.38. The highest BCUT2D eigenvalue weighted by Crippen LogP contribution is 2.32. The van der Waals surface area contributed by atoms with Crippen molar-refractivity contribution in [3.8, 4) is 5.75 Å². The third-order valence-electron chi connectivity index (χ3n) is 2.24. The van der Waals surface area contributed by atoms with Crippen molar-refractivity contribution in [3.63, 3.8) is 0 Å². The van der Waals surface area contributed by atoms with Crippen LogP contribution in [0.4, 0.5) is 0 Å². The molecule has 0 N–H and O–H groups in total. The number of aromatic nitrogens is 3. The Hall–Kier alpha value is -2.09. The second kappa shape index (κ2) is 7.63. The molecule has 0 radical (unpaired) electrons. The summed E-state index contributed by atoms with van der Waals surface area (Å²) >= 11 is 1.14. The standard InChI is InChI=1S/C13H15N3O4S/c1-3-8-19-9-6-5-7-14-11(9)21-13-16-15-10(20-13)12(17)18-4-2/h5-7H,3-4,8H2,1-2H3. The molecule has 8 heteroatoms. The molecule has 0 aliphatic rings. The molecule has 0 saturated carbocycles. The van der Waals surface area contributed by atoms with Crippen LogP contribution in [0.15, 0.2) is 33.0 Å². The molecule has 0 saturated heterocycles. The number of esters is 1. The highest BCUT2D eigenvalue weighted by Gasteiger charge is 2.18. The molecule has 2 heterocycles. The molecule has 7 nitrogen and oxygen atoms in total. The predicted octanol–water partition coefficient (Wildman–Crippen LogP) is 2.58. The Bertz CT molecular complexity index is 603. The minimum absolute atomic E-state index is 0.175. The zero-order valence-electron chi connectivity index (χ0n) is 11.7. The number of carbonyl (C=O) groups excluding carboxylic acids is 1. The Morgan fingerprint density at radius 1 is 1.38 bits per heavy atom. The van der Waals surface area contributed by atoms with E-state index in [-0.39, 0.29) is 17.7 Å². The van der Waals surface area contributed by atoms with Crippen molar-refractivity contribution in [2.24, 2.45) is 0 Å². The fourth-order valence-corrected chi connectivity index (χ4v) is 2.09. The second-order valence-electron chi connectivity index (χ2n) is 3.85. The molecule has 0 atom stereocenters. The van der Waals surface area contributed by atoms with Gasteiger partial charge < -0.3 is 13.9 Å². The van der Waals surface area contributed by atoms with Crippen molar-refractivity contribution in [3.05, 3.63) is 24.2 Å². The van der Waals surface area contributed by atoms with Gasteiger partial charge in [-0.25, -0.2) is 9.78 Å². The molecule has 0 spiro atoms. The second-order valence-corrected chi connectivity index (χ2v) is 4.79. The monoisotopic (exact) mass is 309 g/mol. The van der Waals surface area contributed by atoms with Gasteiger partial charge >= 0.3 is 11.9 Å². The van der Waals surface area contributed by atoms with E-state index in [1.54, 1.807) is 19.2 Å². The van der Waals surface area contributed by atoms with Crippen LogP contribution in [0.2, 0.25) is 0 Å². The first-order valence-electron chi connectivity index (χ1n) is 6.50. The lowest BCUT2D eigenvalue weighted by Crippen LogP contribution is -2.04. The largest absolute Gasteiger partial charge is 0.491 e. The van der Waals surface area contributed by atoms with Gasteiger partial charge in [0.1, 0.15) is 5.03 Å². The topological polar surface area (TPSA) is 87.3 Å². The molecule has 0 unspecified atom stereocenters. The molecule has 0 amide bonds. The number of hydrogen-bond acceptors (Lipinski definition) is 8. The van der Waals surface area contributed by atoms with Crippen LogP contribution in [-0.2, 0) is 4.74 Å². The van der Waals surface area contributed by atoms with E-state index in [4.69, 9.17) is 13.9 Å². The van der Waals surface area contributed by atoms with E-state index >= 15 is 0 Å². The maximum Gasteiger partial charge on any atom is 0.396 e. The van der Waals surface area contributed by atoms with Gasteiger partial charge in [0.25, 0.3) is 5.22 Å². The summed E-state index contributed by atoms with van der Waals surface area (Å²) in [4.78, 5) is 15.7. The van der Waals surface area contributed by atoms with Crippen molar-refractivity contribution in [2.45, 2.75) is 30.5 Å². The van der Waals surface area contributed by atoms with Gasteiger partial charge in [0.15, 0.2) is 5.75 Å². The third-order valence-corrected chi connectivity index (χ3v) is 3.08. The Morgan fingerprint density at radius 3 is 3.00 bits per heavy atom. The molecular formula is C13H15N3O4S. The zero-order valence-corrected chi connectivity index (χ0v) is 12.6. The number of hydrogen-bond donors (Lipinski definition) is 0. The minimum atomic E-state index is -0.639. The van der Waals surface area contributed by atoms with Gasteiger partial charge in [-0.15, -0.1) is 5.10 Å². The first-order valence-corrected chi connectivity index (χ1v) is 7.32. The summed E-state index contributed by atoms with van der Waals surface area (Å²) in [6, 6.07) is 3.60. The predicted molar refractivity (Wildman–Crippen MR) is 74.4 cm³/mol. The van der Waals surface area contributed by atoms with E-state index in [0.717, 1.165) is 18.2 Å². The Labute approximate surface area is 126 Å². The van der Waals surface area contributed by atoms with Crippen LogP contribution in [0.1, 0.15) is 31.0 Å². The van der Waals surface area contributed by atoms with Crippen LogP contribution in [0.3, 0.4) is 0 Å². The summed E-state index contributed by atoms with van der Waals surface area (Å²) in [5, 5.41) is 8.24. The van der Waals surface area contributed by atoms with Gasteiger partial charge in [-0.05, 0) is 37.2 Å². The molecule has 2 aromatic heterocycles. The average Bonchev–Trinajstić information content (AvgIpc) is 2.95. The van der Waals surface area contributed by atoms with Gasteiger partial charge in [0.2, 0.25) is 0 Å². The highest BCUT2D eigenvalue weighted by atomic mass is 32.2. The minimum Gasteiger partial charge on any atom is -0.491 e. The maximum atomic E-state index is 11.5. The van der Waals surface area contributed by atoms with Gasteiger partial charge in [0.05, 0.1) is 13.2 Å². The number of rotatable bonds is 7. The number of nitrogens with zero attached hydrogens (tertiary/aromatic N) is 3. The quantitative estimate of drug-likeness (QED) is 0.721. The lowest BCUT2D eigenvalue weighted by atomic mass is 10.4. The van der Waals surface area contributed by atoms with E-state index in [1.165, 1.54) is 0 Å². The molecule has 0 aliphatic carbocycles. The van der Waals surface area contributed by atoms with Crippen molar-refractivity contribution < 1.29 is 18.7 Å². The molecule has 21 heavy (non-hydrogen) atoms. The molecule has 2 rings (SSSR count). The lowest BCUT2D eigenvalue weighted by molar-refractivity contribution is 0.0475. The van der Waals surface area contributed by atoms with Gasteiger partial charge in [-0.2, -0.15) is 0 Å². The molecule has 2 aromatic rings. The lowest BCUT2D eigenvalue weighted by Gasteiger charge is -2.07. The first kappa shape index (κ1) is 15.3. The van der Waals surface area contributed by atoms with Crippen LogP contribution < -0.4 is 4.74 Å². The highest BCUT2D eigenvalue weighted by molar-refractivity contribution is 7.99. The van der Waals surface area contributed by atoms with Gasteiger partial charge in [-0.3, -0.25) is 0 Å².